The highest BCUT2D eigenvalue weighted by atomic mass is 19.1. The van der Waals surface area contributed by atoms with Gasteiger partial charge in [0.15, 0.2) is 0 Å². The summed E-state index contributed by atoms with van der Waals surface area (Å²) in [7, 11) is 0. The lowest BCUT2D eigenvalue weighted by Gasteiger charge is -2.38. The number of hydrogen-bond acceptors (Lipinski definition) is 3. The van der Waals surface area contributed by atoms with Gasteiger partial charge in [-0.3, -0.25) is 9.69 Å². The molecule has 1 heterocycles. The van der Waals surface area contributed by atoms with Crippen molar-refractivity contribution in [2.45, 2.75) is 26.3 Å². The summed E-state index contributed by atoms with van der Waals surface area (Å²) in [4.78, 5) is 16.6. The Morgan fingerprint density at radius 2 is 2.00 bits per heavy atom. The maximum atomic E-state index is 13.3. The summed E-state index contributed by atoms with van der Waals surface area (Å²) in [5.41, 5.74) is 6.84. The van der Waals surface area contributed by atoms with E-state index in [2.05, 4.69) is 11.8 Å². The lowest BCUT2D eigenvalue weighted by Crippen LogP contribution is -2.53. The number of hydrogen-bond donors (Lipinski definition) is 1. The van der Waals surface area contributed by atoms with E-state index >= 15 is 0 Å². The summed E-state index contributed by atoms with van der Waals surface area (Å²) in [5, 5.41) is 0. The Morgan fingerprint density at radius 3 is 2.52 bits per heavy atom. The fourth-order valence-corrected chi connectivity index (χ4v) is 2.82. The Morgan fingerprint density at radius 1 is 1.33 bits per heavy atom. The van der Waals surface area contributed by atoms with Gasteiger partial charge in [-0.2, -0.15) is 0 Å². The molecular formula is C16H24FN3O. The lowest BCUT2D eigenvalue weighted by molar-refractivity contribution is 0.0571. The van der Waals surface area contributed by atoms with Crippen LogP contribution in [0.3, 0.4) is 0 Å². The Kier molecular flexibility index (Phi) is 5.31. The van der Waals surface area contributed by atoms with E-state index in [4.69, 9.17) is 5.73 Å². The van der Waals surface area contributed by atoms with Crippen LogP contribution in [-0.2, 0) is 0 Å². The van der Waals surface area contributed by atoms with E-state index < -0.39 is 0 Å². The highest BCUT2D eigenvalue weighted by Gasteiger charge is 2.25. The van der Waals surface area contributed by atoms with Gasteiger partial charge in [0.2, 0.25) is 0 Å². The molecule has 0 aromatic heterocycles. The molecule has 1 saturated heterocycles. The third-order valence-electron chi connectivity index (χ3n) is 4.27. The van der Waals surface area contributed by atoms with Gasteiger partial charge in [0.1, 0.15) is 5.82 Å². The zero-order chi connectivity index (χ0) is 15.4. The second kappa shape index (κ2) is 7.00. The summed E-state index contributed by atoms with van der Waals surface area (Å²) in [5.74, 6) is -0.288. The molecule has 1 amide bonds. The van der Waals surface area contributed by atoms with Crippen molar-refractivity contribution in [3.8, 4) is 0 Å². The zero-order valence-corrected chi connectivity index (χ0v) is 12.8. The SMILES string of the molecule is CCC(CN)N1CCN(C(=O)c2ccc(F)c(C)c2)CC1. The molecule has 2 rings (SSSR count). The second-order valence-corrected chi connectivity index (χ2v) is 5.59. The minimum atomic E-state index is -0.273. The van der Waals surface area contributed by atoms with Crippen LogP contribution in [0, 0.1) is 12.7 Å². The minimum Gasteiger partial charge on any atom is -0.336 e. The predicted molar refractivity (Wildman–Crippen MR) is 81.7 cm³/mol. The number of benzene rings is 1. The molecule has 1 aromatic rings. The van der Waals surface area contributed by atoms with Gasteiger partial charge >= 0.3 is 0 Å². The summed E-state index contributed by atoms with van der Waals surface area (Å²) >= 11 is 0. The molecule has 1 fully saturated rings. The van der Waals surface area contributed by atoms with E-state index in [0.29, 0.717) is 36.8 Å². The summed E-state index contributed by atoms with van der Waals surface area (Å²) in [6.45, 7) is 7.57. The van der Waals surface area contributed by atoms with Crippen molar-refractivity contribution in [2.75, 3.05) is 32.7 Å². The van der Waals surface area contributed by atoms with Crippen molar-refractivity contribution in [3.63, 3.8) is 0 Å². The minimum absolute atomic E-state index is 0.0152. The monoisotopic (exact) mass is 293 g/mol. The van der Waals surface area contributed by atoms with Crippen molar-refractivity contribution in [2.24, 2.45) is 5.73 Å². The molecule has 1 unspecified atom stereocenters. The fourth-order valence-electron chi connectivity index (χ4n) is 2.82. The molecule has 1 aliphatic heterocycles. The molecule has 0 bridgehead atoms. The highest BCUT2D eigenvalue weighted by Crippen LogP contribution is 2.14. The molecule has 21 heavy (non-hydrogen) atoms. The van der Waals surface area contributed by atoms with Crippen LogP contribution in [0.15, 0.2) is 18.2 Å². The van der Waals surface area contributed by atoms with E-state index in [-0.39, 0.29) is 11.7 Å². The van der Waals surface area contributed by atoms with Crippen LogP contribution in [0.1, 0.15) is 29.3 Å². The number of nitrogens with two attached hydrogens (primary N) is 1. The van der Waals surface area contributed by atoms with Gasteiger partial charge in [-0.05, 0) is 37.1 Å². The van der Waals surface area contributed by atoms with Crippen molar-refractivity contribution >= 4 is 5.91 Å². The number of halogens is 1. The third kappa shape index (κ3) is 3.60. The van der Waals surface area contributed by atoms with Crippen LogP contribution < -0.4 is 5.73 Å². The number of carbonyl (C=O) groups excluding carboxylic acids is 1. The number of amides is 1. The quantitative estimate of drug-likeness (QED) is 0.918. The van der Waals surface area contributed by atoms with E-state index in [1.54, 1.807) is 19.1 Å². The molecule has 5 heteroatoms. The number of aryl methyl sites for hydroxylation is 1. The first kappa shape index (κ1) is 15.9. The smallest absolute Gasteiger partial charge is 0.253 e. The fraction of sp³-hybridized carbons (Fsp3) is 0.562. The average molecular weight is 293 g/mol. The molecule has 0 aliphatic carbocycles. The van der Waals surface area contributed by atoms with Gasteiger partial charge < -0.3 is 10.6 Å². The Hall–Kier alpha value is -1.46. The van der Waals surface area contributed by atoms with E-state index in [0.717, 1.165) is 19.5 Å². The molecule has 116 valence electrons. The Bertz CT molecular complexity index is 494. The molecule has 0 saturated carbocycles. The first-order chi connectivity index (χ1) is 10.1. The molecule has 0 spiro atoms. The number of carbonyl (C=O) groups is 1. The van der Waals surface area contributed by atoms with E-state index in [1.807, 2.05) is 4.90 Å². The van der Waals surface area contributed by atoms with Crippen molar-refractivity contribution in [1.29, 1.82) is 0 Å². The Labute approximate surface area is 125 Å². The summed E-state index contributed by atoms with van der Waals surface area (Å²) in [6, 6.07) is 4.94. The zero-order valence-electron chi connectivity index (χ0n) is 12.8. The average Bonchev–Trinajstić information content (AvgIpc) is 2.51. The second-order valence-electron chi connectivity index (χ2n) is 5.59. The first-order valence-corrected chi connectivity index (χ1v) is 7.56. The largest absolute Gasteiger partial charge is 0.336 e. The van der Waals surface area contributed by atoms with Crippen LogP contribution in [0.5, 0.6) is 0 Å². The number of piperazine rings is 1. The maximum Gasteiger partial charge on any atom is 0.253 e. The van der Waals surface area contributed by atoms with Gasteiger partial charge in [-0.1, -0.05) is 6.92 Å². The normalized spacial score (nSPS) is 17.8. The van der Waals surface area contributed by atoms with E-state index in [1.165, 1.54) is 6.07 Å². The van der Waals surface area contributed by atoms with Crippen LogP contribution in [0.25, 0.3) is 0 Å². The maximum absolute atomic E-state index is 13.3. The molecule has 1 aromatic carbocycles. The van der Waals surface area contributed by atoms with Crippen molar-refractivity contribution in [3.05, 3.63) is 35.1 Å². The van der Waals surface area contributed by atoms with Crippen molar-refractivity contribution < 1.29 is 9.18 Å². The van der Waals surface area contributed by atoms with Gasteiger partial charge in [-0.25, -0.2) is 4.39 Å². The predicted octanol–water partition coefficient (Wildman–Crippen LogP) is 1.63. The molecule has 0 radical (unpaired) electrons. The topological polar surface area (TPSA) is 49.6 Å². The lowest BCUT2D eigenvalue weighted by atomic mass is 10.1. The molecule has 1 aliphatic rings. The number of rotatable bonds is 4. The van der Waals surface area contributed by atoms with Crippen molar-refractivity contribution in [1.82, 2.24) is 9.80 Å². The highest BCUT2D eigenvalue weighted by molar-refractivity contribution is 5.94. The number of nitrogens with zero attached hydrogens (tertiary/aromatic N) is 2. The summed E-state index contributed by atoms with van der Waals surface area (Å²) in [6.07, 6.45) is 1.03. The van der Waals surface area contributed by atoms with Gasteiger partial charge in [-0.15, -0.1) is 0 Å². The van der Waals surface area contributed by atoms with Crippen LogP contribution in [-0.4, -0.2) is 54.5 Å². The first-order valence-electron chi connectivity index (χ1n) is 7.56. The molecular weight excluding hydrogens is 269 g/mol. The third-order valence-corrected chi connectivity index (χ3v) is 4.27. The van der Waals surface area contributed by atoms with Gasteiger partial charge in [0, 0.05) is 44.3 Å². The molecule has 1 atom stereocenters. The summed E-state index contributed by atoms with van der Waals surface area (Å²) < 4.78 is 13.3. The van der Waals surface area contributed by atoms with Crippen LogP contribution in [0.2, 0.25) is 0 Å². The van der Waals surface area contributed by atoms with Gasteiger partial charge in [0.25, 0.3) is 5.91 Å². The van der Waals surface area contributed by atoms with Crippen LogP contribution in [0.4, 0.5) is 4.39 Å². The van der Waals surface area contributed by atoms with Crippen LogP contribution >= 0.6 is 0 Å². The molecule has 4 nitrogen and oxygen atoms in total. The van der Waals surface area contributed by atoms with Gasteiger partial charge in [0.05, 0.1) is 0 Å². The standard InChI is InChI=1S/C16H24FN3O/c1-3-14(11-18)19-6-8-20(9-7-19)16(21)13-4-5-15(17)12(2)10-13/h4-5,10,14H,3,6-9,11,18H2,1-2H3. The Balaban J connectivity index is 1.98. The molecule has 2 N–H and O–H groups in total. The van der Waals surface area contributed by atoms with E-state index in [9.17, 15) is 9.18 Å².